The molecule has 0 bridgehead atoms. The molecule has 0 unspecified atom stereocenters. The molecule has 0 aliphatic carbocycles. The van der Waals surface area contributed by atoms with Crippen LogP contribution in [0.2, 0.25) is 0 Å². The van der Waals surface area contributed by atoms with Gasteiger partial charge in [-0.1, -0.05) is 45.8 Å². The molecule has 0 radical (unpaired) electrons. The normalized spacial score (nSPS) is 11.2. The minimum Gasteiger partial charge on any atom is -0.267 e. The molecule has 0 saturated heterocycles. The number of halogens is 1. The van der Waals surface area contributed by atoms with Gasteiger partial charge < -0.3 is 0 Å². The van der Waals surface area contributed by atoms with Crippen LogP contribution in [0.15, 0.2) is 58.1 Å². The zero-order chi connectivity index (χ0) is 14.5. The molecule has 0 heterocycles. The van der Waals surface area contributed by atoms with Gasteiger partial charge in [0.15, 0.2) is 0 Å². The van der Waals surface area contributed by atoms with Crippen LogP contribution in [0.5, 0.6) is 0 Å². The second-order valence-electron chi connectivity index (χ2n) is 4.51. The molecule has 2 aromatic rings. The minimum absolute atomic E-state index is 0.219. The van der Waals surface area contributed by atoms with E-state index in [9.17, 15) is 4.79 Å². The van der Waals surface area contributed by atoms with Gasteiger partial charge in [-0.2, -0.15) is 5.10 Å². The van der Waals surface area contributed by atoms with Gasteiger partial charge in [-0.3, -0.25) is 4.79 Å². The summed E-state index contributed by atoms with van der Waals surface area (Å²) in [5.41, 5.74) is 6.10. The number of carbonyl (C=O) groups is 1. The first kappa shape index (κ1) is 14.5. The Morgan fingerprint density at radius 2 is 1.55 bits per heavy atom. The molecule has 2 aromatic carbocycles. The minimum atomic E-state index is -0.219. The molecule has 0 aliphatic heterocycles. The molecule has 0 aromatic heterocycles. The van der Waals surface area contributed by atoms with Gasteiger partial charge in [0, 0.05) is 10.0 Å². The molecule has 3 nitrogen and oxygen atoms in total. The molecular formula is C16H15BrN2O. The number of nitrogens with one attached hydrogen (secondary N) is 1. The van der Waals surface area contributed by atoms with E-state index in [1.807, 2.05) is 50.2 Å². The number of hydrogen-bond donors (Lipinski definition) is 1. The summed E-state index contributed by atoms with van der Waals surface area (Å²) in [5, 5.41) is 4.13. The quantitative estimate of drug-likeness (QED) is 0.672. The molecule has 0 atom stereocenters. The molecule has 20 heavy (non-hydrogen) atoms. The van der Waals surface area contributed by atoms with Crippen molar-refractivity contribution in [3.8, 4) is 0 Å². The zero-order valence-corrected chi connectivity index (χ0v) is 12.9. The van der Waals surface area contributed by atoms with Gasteiger partial charge in [-0.15, -0.1) is 0 Å². The first-order valence-corrected chi connectivity index (χ1v) is 7.03. The van der Waals surface area contributed by atoms with Crippen molar-refractivity contribution in [2.75, 3.05) is 0 Å². The highest BCUT2D eigenvalue weighted by Gasteiger charge is 2.04. The lowest BCUT2D eigenvalue weighted by Crippen LogP contribution is -2.19. The lowest BCUT2D eigenvalue weighted by Gasteiger charge is -2.03. The number of nitrogens with zero attached hydrogens (tertiary/aromatic N) is 1. The fraction of sp³-hybridized carbons (Fsp3) is 0.125. The standard InChI is InChI=1S/C16H15BrN2O/c1-11-3-5-13(6-4-11)12(2)18-19-16(20)14-7-9-15(17)10-8-14/h3-10H,1-2H3,(H,19,20)/b18-12+. The van der Waals surface area contributed by atoms with Gasteiger partial charge in [-0.05, 0) is 43.7 Å². The first-order chi connectivity index (χ1) is 9.56. The van der Waals surface area contributed by atoms with E-state index < -0.39 is 0 Å². The topological polar surface area (TPSA) is 41.5 Å². The summed E-state index contributed by atoms with van der Waals surface area (Å²) in [4.78, 5) is 11.9. The van der Waals surface area contributed by atoms with E-state index in [-0.39, 0.29) is 5.91 Å². The smallest absolute Gasteiger partial charge is 0.267 e. The van der Waals surface area contributed by atoms with Crippen LogP contribution in [-0.4, -0.2) is 11.6 Å². The van der Waals surface area contributed by atoms with Gasteiger partial charge in [0.25, 0.3) is 5.91 Å². The monoisotopic (exact) mass is 330 g/mol. The van der Waals surface area contributed by atoms with E-state index in [0.717, 1.165) is 15.7 Å². The van der Waals surface area contributed by atoms with Gasteiger partial charge in [0.2, 0.25) is 0 Å². The molecule has 1 amide bonds. The summed E-state index contributed by atoms with van der Waals surface area (Å²) in [6.07, 6.45) is 0. The number of carbonyl (C=O) groups excluding carboxylic acids is 1. The number of benzene rings is 2. The van der Waals surface area contributed by atoms with Crippen LogP contribution in [-0.2, 0) is 0 Å². The van der Waals surface area contributed by atoms with Gasteiger partial charge in [-0.25, -0.2) is 5.43 Å². The third-order valence-corrected chi connectivity index (χ3v) is 3.43. The molecule has 0 fully saturated rings. The Hall–Kier alpha value is -1.94. The van der Waals surface area contributed by atoms with E-state index in [1.54, 1.807) is 12.1 Å². The molecular weight excluding hydrogens is 316 g/mol. The summed E-state index contributed by atoms with van der Waals surface area (Å²) in [7, 11) is 0. The van der Waals surface area contributed by atoms with E-state index >= 15 is 0 Å². The number of amides is 1. The Balaban J connectivity index is 2.06. The molecule has 4 heteroatoms. The van der Waals surface area contributed by atoms with Crippen molar-refractivity contribution in [1.82, 2.24) is 5.43 Å². The van der Waals surface area contributed by atoms with Crippen molar-refractivity contribution in [3.05, 3.63) is 69.7 Å². The highest BCUT2D eigenvalue weighted by Crippen LogP contribution is 2.10. The molecule has 102 valence electrons. The van der Waals surface area contributed by atoms with Crippen LogP contribution < -0.4 is 5.43 Å². The maximum atomic E-state index is 11.9. The predicted octanol–water partition coefficient (Wildman–Crippen LogP) is 3.91. The Labute approximate surface area is 126 Å². The van der Waals surface area contributed by atoms with E-state index in [2.05, 4.69) is 26.5 Å². The zero-order valence-electron chi connectivity index (χ0n) is 11.4. The van der Waals surface area contributed by atoms with Gasteiger partial charge >= 0.3 is 0 Å². The molecule has 1 N–H and O–H groups in total. The summed E-state index contributed by atoms with van der Waals surface area (Å²) < 4.78 is 0.938. The maximum absolute atomic E-state index is 11.9. The van der Waals surface area contributed by atoms with E-state index in [0.29, 0.717) is 5.56 Å². The molecule has 0 aliphatic rings. The Morgan fingerprint density at radius 1 is 1.00 bits per heavy atom. The third kappa shape index (κ3) is 3.78. The van der Waals surface area contributed by atoms with Gasteiger partial charge in [0.1, 0.15) is 0 Å². The summed E-state index contributed by atoms with van der Waals surface area (Å²) >= 11 is 3.33. The molecule has 0 saturated carbocycles. The second-order valence-corrected chi connectivity index (χ2v) is 5.43. The van der Waals surface area contributed by atoms with Crippen molar-refractivity contribution in [1.29, 1.82) is 0 Å². The summed E-state index contributed by atoms with van der Waals surface area (Å²) in [6, 6.07) is 15.2. The Kier molecular flexibility index (Phi) is 4.69. The largest absolute Gasteiger partial charge is 0.271 e. The number of aryl methyl sites for hydroxylation is 1. The van der Waals surface area contributed by atoms with Crippen LogP contribution in [0.4, 0.5) is 0 Å². The lowest BCUT2D eigenvalue weighted by molar-refractivity contribution is 0.0955. The third-order valence-electron chi connectivity index (χ3n) is 2.90. The first-order valence-electron chi connectivity index (χ1n) is 6.23. The Bertz CT molecular complexity index is 631. The van der Waals surface area contributed by atoms with Crippen LogP contribution in [0.25, 0.3) is 0 Å². The number of rotatable bonds is 3. The average molecular weight is 331 g/mol. The lowest BCUT2D eigenvalue weighted by atomic mass is 10.1. The fourth-order valence-corrected chi connectivity index (χ4v) is 1.92. The number of hydrogen-bond acceptors (Lipinski definition) is 2. The van der Waals surface area contributed by atoms with Crippen molar-refractivity contribution in [2.24, 2.45) is 5.10 Å². The highest BCUT2D eigenvalue weighted by atomic mass is 79.9. The van der Waals surface area contributed by atoms with Gasteiger partial charge in [0.05, 0.1) is 5.71 Å². The van der Waals surface area contributed by atoms with Crippen molar-refractivity contribution >= 4 is 27.5 Å². The maximum Gasteiger partial charge on any atom is 0.271 e. The van der Waals surface area contributed by atoms with E-state index in [4.69, 9.17) is 0 Å². The Morgan fingerprint density at radius 3 is 2.15 bits per heavy atom. The highest BCUT2D eigenvalue weighted by molar-refractivity contribution is 9.10. The summed E-state index contributed by atoms with van der Waals surface area (Å²) in [6.45, 7) is 3.90. The summed E-state index contributed by atoms with van der Waals surface area (Å²) in [5.74, 6) is -0.219. The SMILES string of the molecule is C/C(=N\NC(=O)c1ccc(Br)cc1)c1ccc(C)cc1. The van der Waals surface area contributed by atoms with Crippen molar-refractivity contribution in [2.45, 2.75) is 13.8 Å². The van der Waals surface area contributed by atoms with Crippen molar-refractivity contribution < 1.29 is 4.79 Å². The molecule has 0 spiro atoms. The van der Waals surface area contributed by atoms with Crippen molar-refractivity contribution in [3.63, 3.8) is 0 Å². The second kappa shape index (κ2) is 6.48. The van der Waals surface area contributed by atoms with Crippen LogP contribution in [0.1, 0.15) is 28.4 Å². The number of hydrazone groups is 1. The van der Waals surface area contributed by atoms with Crippen LogP contribution in [0.3, 0.4) is 0 Å². The fourth-order valence-electron chi connectivity index (χ4n) is 1.66. The molecule has 2 rings (SSSR count). The van der Waals surface area contributed by atoms with Crippen LogP contribution in [0, 0.1) is 6.92 Å². The predicted molar refractivity (Wildman–Crippen MR) is 85.0 cm³/mol. The van der Waals surface area contributed by atoms with Crippen LogP contribution >= 0.6 is 15.9 Å². The van der Waals surface area contributed by atoms with E-state index in [1.165, 1.54) is 5.56 Å². The average Bonchev–Trinajstić information content (AvgIpc) is 2.46.